The molecule has 1 N–H and O–H groups in total. The van der Waals surface area contributed by atoms with Gasteiger partial charge < -0.3 is 10.2 Å². The maximum atomic E-state index is 13.3. The smallest absolute Gasteiger partial charge is 0.239 e. The van der Waals surface area contributed by atoms with Crippen LogP contribution in [0.15, 0.2) is 18.2 Å². The molecule has 1 aromatic carbocycles. The van der Waals surface area contributed by atoms with E-state index in [1.54, 1.807) is 13.1 Å². The molecule has 2 fully saturated rings. The Morgan fingerprint density at radius 2 is 2.04 bits per heavy atom. The number of hydrogen-bond donors (Lipinski definition) is 1. The van der Waals surface area contributed by atoms with Crippen molar-refractivity contribution < 1.29 is 18.4 Å². The summed E-state index contributed by atoms with van der Waals surface area (Å²) < 4.78 is 26.3. The zero-order valence-electron chi connectivity index (χ0n) is 12.9. The van der Waals surface area contributed by atoms with E-state index in [-0.39, 0.29) is 30.3 Å². The molecule has 1 aromatic rings. The number of nitrogens with zero attached hydrogens (tertiary/aromatic N) is 2. The van der Waals surface area contributed by atoms with Gasteiger partial charge in [0.25, 0.3) is 0 Å². The number of likely N-dealkylation sites (tertiary alicyclic amines) is 1. The zero-order valence-corrected chi connectivity index (χ0v) is 12.9. The molecule has 5 nitrogen and oxygen atoms in total. The molecular formula is C16H19F2N3O2. The number of fused-ring (bicyclic) bond motifs is 1. The molecule has 124 valence electrons. The van der Waals surface area contributed by atoms with Crippen LogP contribution in [0.4, 0.5) is 8.78 Å². The van der Waals surface area contributed by atoms with Gasteiger partial charge in [-0.3, -0.25) is 14.5 Å². The number of rotatable bonds is 2. The van der Waals surface area contributed by atoms with Crippen LogP contribution in [0.1, 0.15) is 12.0 Å². The van der Waals surface area contributed by atoms with Gasteiger partial charge in [-0.05, 0) is 24.1 Å². The third-order valence-corrected chi connectivity index (χ3v) is 4.51. The summed E-state index contributed by atoms with van der Waals surface area (Å²) in [4.78, 5) is 27.6. The van der Waals surface area contributed by atoms with E-state index in [0.29, 0.717) is 31.6 Å². The van der Waals surface area contributed by atoms with Gasteiger partial charge in [-0.15, -0.1) is 0 Å². The topological polar surface area (TPSA) is 52.7 Å². The Morgan fingerprint density at radius 1 is 1.26 bits per heavy atom. The van der Waals surface area contributed by atoms with Crippen LogP contribution in [-0.4, -0.2) is 54.3 Å². The quantitative estimate of drug-likeness (QED) is 0.874. The second kappa shape index (κ2) is 6.23. The minimum absolute atomic E-state index is 0.0525. The maximum absolute atomic E-state index is 13.3. The van der Waals surface area contributed by atoms with Gasteiger partial charge in [0.2, 0.25) is 11.8 Å². The highest BCUT2D eigenvalue weighted by Crippen LogP contribution is 2.23. The van der Waals surface area contributed by atoms with Gasteiger partial charge in [-0.2, -0.15) is 0 Å². The van der Waals surface area contributed by atoms with E-state index in [4.69, 9.17) is 0 Å². The first-order valence-corrected chi connectivity index (χ1v) is 7.64. The van der Waals surface area contributed by atoms with E-state index in [1.165, 1.54) is 11.0 Å². The van der Waals surface area contributed by atoms with Crippen molar-refractivity contribution in [1.82, 2.24) is 15.1 Å². The molecule has 0 unspecified atom stereocenters. The fourth-order valence-corrected chi connectivity index (χ4v) is 3.31. The summed E-state index contributed by atoms with van der Waals surface area (Å²) in [5.41, 5.74) is 0.667. The van der Waals surface area contributed by atoms with Crippen LogP contribution in [0.25, 0.3) is 0 Å². The monoisotopic (exact) mass is 323 g/mol. The molecule has 0 aromatic heterocycles. The van der Waals surface area contributed by atoms with Crippen molar-refractivity contribution in [2.24, 2.45) is 5.92 Å². The number of hydrogen-bond acceptors (Lipinski definition) is 3. The van der Waals surface area contributed by atoms with Crippen molar-refractivity contribution in [2.75, 3.05) is 26.7 Å². The number of halogens is 2. The van der Waals surface area contributed by atoms with E-state index in [1.807, 2.05) is 4.90 Å². The molecule has 23 heavy (non-hydrogen) atoms. The van der Waals surface area contributed by atoms with Crippen molar-refractivity contribution in [3.05, 3.63) is 35.4 Å². The Kier molecular flexibility index (Phi) is 4.30. The molecule has 2 aliphatic rings. The third-order valence-electron chi connectivity index (χ3n) is 4.51. The molecule has 7 heteroatoms. The molecule has 0 saturated carbocycles. The number of piperidine rings is 1. The predicted octanol–water partition coefficient (Wildman–Crippen LogP) is 0.744. The molecule has 2 atom stereocenters. The van der Waals surface area contributed by atoms with E-state index in [9.17, 15) is 18.4 Å². The van der Waals surface area contributed by atoms with Crippen LogP contribution in [0.2, 0.25) is 0 Å². The average molecular weight is 323 g/mol. The Balaban J connectivity index is 1.71. The van der Waals surface area contributed by atoms with Gasteiger partial charge in [-0.1, -0.05) is 6.07 Å². The Hall–Kier alpha value is -2.02. The van der Waals surface area contributed by atoms with E-state index in [2.05, 4.69) is 5.32 Å². The SMILES string of the molecule is CN1CC(=O)N[C@@H]2CCN(Cc3ccc(F)c(F)c3)C[C@@H]2C1=O. The molecule has 2 heterocycles. The Bertz CT molecular complexity index is 638. The van der Waals surface area contributed by atoms with Crippen LogP contribution >= 0.6 is 0 Å². The van der Waals surface area contributed by atoms with E-state index in [0.717, 1.165) is 6.07 Å². The highest BCUT2D eigenvalue weighted by atomic mass is 19.2. The normalized spacial score (nSPS) is 25.8. The highest BCUT2D eigenvalue weighted by Gasteiger charge is 2.39. The van der Waals surface area contributed by atoms with Crippen molar-refractivity contribution in [3.8, 4) is 0 Å². The number of carbonyl (C=O) groups is 2. The fourth-order valence-electron chi connectivity index (χ4n) is 3.31. The first-order chi connectivity index (χ1) is 10.9. The maximum Gasteiger partial charge on any atom is 0.239 e. The molecular weight excluding hydrogens is 304 g/mol. The molecule has 0 spiro atoms. The standard InChI is InChI=1S/C16H19F2N3O2/c1-20-9-15(22)19-14-4-5-21(8-11(14)16(20)23)7-10-2-3-12(17)13(18)6-10/h2-3,6,11,14H,4-5,7-9H2,1H3,(H,19,22)/t11-,14+/m0/s1. The Morgan fingerprint density at radius 3 is 2.78 bits per heavy atom. The van der Waals surface area contributed by atoms with Gasteiger partial charge in [0, 0.05) is 32.7 Å². The summed E-state index contributed by atoms with van der Waals surface area (Å²) in [5.74, 6) is -2.22. The molecule has 2 amide bonds. The number of nitrogens with one attached hydrogen (secondary N) is 1. The molecule has 2 saturated heterocycles. The molecule has 0 aliphatic carbocycles. The third kappa shape index (κ3) is 3.34. The summed E-state index contributed by atoms with van der Waals surface area (Å²) >= 11 is 0. The van der Waals surface area contributed by atoms with Crippen LogP contribution in [-0.2, 0) is 16.1 Å². The summed E-state index contributed by atoms with van der Waals surface area (Å²) in [6.45, 7) is 1.71. The first kappa shape index (κ1) is 15.9. The van der Waals surface area contributed by atoms with Crippen molar-refractivity contribution >= 4 is 11.8 Å². The van der Waals surface area contributed by atoms with Crippen molar-refractivity contribution in [2.45, 2.75) is 19.0 Å². The predicted molar refractivity (Wildman–Crippen MR) is 79.3 cm³/mol. The minimum atomic E-state index is -0.866. The van der Waals surface area contributed by atoms with Crippen molar-refractivity contribution in [3.63, 3.8) is 0 Å². The lowest BCUT2D eigenvalue weighted by molar-refractivity contribution is -0.136. The number of amides is 2. The summed E-state index contributed by atoms with van der Waals surface area (Å²) in [5, 5.41) is 2.90. The average Bonchev–Trinajstić information content (AvgIpc) is 2.61. The lowest BCUT2D eigenvalue weighted by Gasteiger charge is -2.37. The van der Waals surface area contributed by atoms with Gasteiger partial charge in [0.15, 0.2) is 11.6 Å². The van der Waals surface area contributed by atoms with Crippen molar-refractivity contribution in [1.29, 1.82) is 0 Å². The van der Waals surface area contributed by atoms with E-state index < -0.39 is 11.6 Å². The fraction of sp³-hybridized carbons (Fsp3) is 0.500. The molecule has 0 radical (unpaired) electrons. The van der Waals surface area contributed by atoms with E-state index >= 15 is 0 Å². The lowest BCUT2D eigenvalue weighted by Crippen LogP contribution is -2.52. The first-order valence-electron chi connectivity index (χ1n) is 7.64. The molecule has 0 bridgehead atoms. The Labute approximate surface area is 133 Å². The molecule has 3 rings (SSSR count). The minimum Gasteiger partial charge on any atom is -0.351 e. The summed E-state index contributed by atoms with van der Waals surface area (Å²) in [6, 6.07) is 3.70. The van der Waals surface area contributed by atoms with Crippen LogP contribution in [0.3, 0.4) is 0 Å². The molecule has 2 aliphatic heterocycles. The number of likely N-dealkylation sites (N-methyl/N-ethyl adjacent to an activating group) is 1. The van der Waals surface area contributed by atoms with Gasteiger partial charge in [0.1, 0.15) is 0 Å². The van der Waals surface area contributed by atoms with Gasteiger partial charge in [-0.25, -0.2) is 8.78 Å². The largest absolute Gasteiger partial charge is 0.351 e. The van der Waals surface area contributed by atoms with Gasteiger partial charge in [0.05, 0.1) is 12.5 Å². The second-order valence-electron chi connectivity index (χ2n) is 6.25. The number of carbonyl (C=O) groups excluding carboxylic acids is 2. The number of benzene rings is 1. The lowest BCUT2D eigenvalue weighted by atomic mass is 9.91. The highest BCUT2D eigenvalue weighted by molar-refractivity contribution is 5.89. The van der Waals surface area contributed by atoms with Crippen LogP contribution in [0, 0.1) is 17.6 Å². The second-order valence-corrected chi connectivity index (χ2v) is 6.25. The summed E-state index contributed by atoms with van der Waals surface area (Å²) in [7, 11) is 1.62. The zero-order chi connectivity index (χ0) is 16.6. The van der Waals surface area contributed by atoms with Crippen LogP contribution in [0.5, 0.6) is 0 Å². The summed E-state index contributed by atoms with van der Waals surface area (Å²) in [6.07, 6.45) is 0.666. The van der Waals surface area contributed by atoms with Crippen LogP contribution < -0.4 is 5.32 Å². The van der Waals surface area contributed by atoms with Gasteiger partial charge >= 0.3 is 0 Å².